The molecule has 3 unspecified atom stereocenters. The third kappa shape index (κ3) is 1.96. The maximum absolute atomic E-state index is 9.15. The fourth-order valence-corrected chi connectivity index (χ4v) is 6.32. The number of ether oxygens (including phenoxy) is 2. The zero-order valence-electron chi connectivity index (χ0n) is 13.5. The Morgan fingerprint density at radius 2 is 2.10 bits per heavy atom. The quantitative estimate of drug-likeness (QED) is 0.866. The first-order valence-electron chi connectivity index (χ1n) is 9.03. The molecule has 4 rings (SSSR count). The molecule has 0 aromatic carbocycles. The first-order chi connectivity index (χ1) is 10.1. The number of rotatable bonds is 3. The zero-order valence-corrected chi connectivity index (χ0v) is 13.5. The van der Waals surface area contributed by atoms with E-state index >= 15 is 0 Å². The van der Waals surface area contributed by atoms with Gasteiger partial charge >= 0.3 is 0 Å². The smallest absolute Gasteiger partial charge is 0.164 e. The van der Waals surface area contributed by atoms with Gasteiger partial charge in [-0.3, -0.25) is 0 Å². The molecule has 2 saturated carbocycles. The maximum atomic E-state index is 9.15. The minimum absolute atomic E-state index is 0.0280. The maximum Gasteiger partial charge on any atom is 0.164 e. The number of hydrogen-bond donors (Lipinski definition) is 1. The Kier molecular flexibility index (Phi) is 3.40. The van der Waals surface area contributed by atoms with E-state index in [1.165, 1.54) is 38.5 Å². The van der Waals surface area contributed by atoms with Crippen molar-refractivity contribution in [1.82, 2.24) is 0 Å². The summed E-state index contributed by atoms with van der Waals surface area (Å²) in [6, 6.07) is 0. The minimum Gasteiger partial charge on any atom is -0.396 e. The van der Waals surface area contributed by atoms with Gasteiger partial charge in [0.25, 0.3) is 0 Å². The molecule has 3 heteroatoms. The summed E-state index contributed by atoms with van der Waals surface area (Å²) in [6.07, 6.45) is 10.0. The number of hydrogen-bond acceptors (Lipinski definition) is 3. The average molecular weight is 294 g/mol. The lowest BCUT2D eigenvalue weighted by atomic mass is 9.49. The van der Waals surface area contributed by atoms with Gasteiger partial charge in [0.15, 0.2) is 6.29 Å². The van der Waals surface area contributed by atoms with Gasteiger partial charge in [-0.1, -0.05) is 13.3 Å². The number of fused-ring (bicyclic) bond motifs is 1. The third-order valence-corrected chi connectivity index (χ3v) is 7.22. The summed E-state index contributed by atoms with van der Waals surface area (Å²) in [6.45, 7) is 4.97. The van der Waals surface area contributed by atoms with Crippen LogP contribution in [0, 0.1) is 23.2 Å². The molecular weight excluding hydrogens is 264 g/mol. The molecule has 2 aliphatic carbocycles. The molecule has 7 atom stereocenters. The van der Waals surface area contributed by atoms with E-state index in [2.05, 4.69) is 13.8 Å². The van der Waals surface area contributed by atoms with E-state index in [1.54, 1.807) is 0 Å². The fraction of sp³-hybridized carbons (Fsp3) is 1.00. The molecule has 1 N–H and O–H groups in total. The third-order valence-electron chi connectivity index (χ3n) is 7.22. The Morgan fingerprint density at radius 3 is 2.90 bits per heavy atom. The van der Waals surface area contributed by atoms with Gasteiger partial charge in [0.1, 0.15) is 0 Å². The normalized spacial score (nSPS) is 55.3. The van der Waals surface area contributed by atoms with Gasteiger partial charge in [-0.2, -0.15) is 0 Å². The van der Waals surface area contributed by atoms with Crippen molar-refractivity contribution in [3.8, 4) is 0 Å². The highest BCUT2D eigenvalue weighted by atomic mass is 16.7. The van der Waals surface area contributed by atoms with Crippen LogP contribution < -0.4 is 0 Å². The van der Waals surface area contributed by atoms with Crippen LogP contribution in [0.1, 0.15) is 65.2 Å². The molecule has 4 fully saturated rings. The second kappa shape index (κ2) is 4.94. The first-order valence-corrected chi connectivity index (χ1v) is 9.03. The Balaban J connectivity index is 1.66. The monoisotopic (exact) mass is 294 g/mol. The van der Waals surface area contributed by atoms with Crippen LogP contribution >= 0.6 is 0 Å². The molecule has 21 heavy (non-hydrogen) atoms. The summed E-state index contributed by atoms with van der Waals surface area (Å²) in [7, 11) is 0. The predicted octanol–water partition coefficient (Wildman–Crippen LogP) is 3.50. The van der Waals surface area contributed by atoms with Crippen LogP contribution in [0.3, 0.4) is 0 Å². The summed E-state index contributed by atoms with van der Waals surface area (Å²) in [5, 5.41) is 9.15. The van der Waals surface area contributed by atoms with Crippen molar-refractivity contribution in [2.24, 2.45) is 23.2 Å². The highest BCUT2D eigenvalue weighted by molar-refractivity contribution is 5.13. The highest BCUT2D eigenvalue weighted by Gasteiger charge is 2.68. The van der Waals surface area contributed by atoms with Crippen LogP contribution in [0.2, 0.25) is 0 Å². The molecule has 1 spiro atoms. The minimum atomic E-state index is 0.0280. The van der Waals surface area contributed by atoms with E-state index in [0.29, 0.717) is 11.3 Å². The van der Waals surface area contributed by atoms with Crippen molar-refractivity contribution < 1.29 is 14.6 Å². The molecule has 0 aromatic heterocycles. The molecule has 2 aliphatic heterocycles. The van der Waals surface area contributed by atoms with Crippen molar-refractivity contribution >= 4 is 0 Å². The molecule has 0 amide bonds. The van der Waals surface area contributed by atoms with Crippen molar-refractivity contribution in [3.63, 3.8) is 0 Å². The average Bonchev–Trinajstić information content (AvgIpc) is 2.70. The van der Waals surface area contributed by atoms with Crippen LogP contribution in [0.15, 0.2) is 0 Å². The predicted molar refractivity (Wildman–Crippen MR) is 80.7 cm³/mol. The van der Waals surface area contributed by atoms with E-state index in [4.69, 9.17) is 14.6 Å². The van der Waals surface area contributed by atoms with Gasteiger partial charge in [0.2, 0.25) is 0 Å². The van der Waals surface area contributed by atoms with Crippen molar-refractivity contribution in [2.45, 2.75) is 83.2 Å². The molecule has 2 saturated heterocycles. The topological polar surface area (TPSA) is 38.7 Å². The largest absolute Gasteiger partial charge is 0.396 e. The van der Waals surface area contributed by atoms with Crippen LogP contribution in [0.25, 0.3) is 0 Å². The van der Waals surface area contributed by atoms with Gasteiger partial charge in [0, 0.05) is 12.0 Å². The molecule has 0 radical (unpaired) electrons. The van der Waals surface area contributed by atoms with E-state index in [0.717, 1.165) is 24.7 Å². The number of aliphatic hydroxyl groups is 1. The Morgan fingerprint density at radius 1 is 1.24 bits per heavy atom. The highest BCUT2D eigenvalue weighted by Crippen LogP contribution is 2.68. The lowest BCUT2D eigenvalue weighted by Crippen LogP contribution is -2.58. The van der Waals surface area contributed by atoms with E-state index in [1.807, 2.05) is 0 Å². The summed E-state index contributed by atoms with van der Waals surface area (Å²) in [4.78, 5) is 0. The van der Waals surface area contributed by atoms with E-state index in [9.17, 15) is 0 Å². The summed E-state index contributed by atoms with van der Waals surface area (Å²) in [5.74, 6) is 2.19. The second-order valence-corrected chi connectivity index (χ2v) is 8.36. The lowest BCUT2D eigenvalue weighted by Gasteiger charge is -2.58. The molecule has 0 aromatic rings. The molecule has 2 heterocycles. The van der Waals surface area contributed by atoms with Crippen LogP contribution in [0.5, 0.6) is 0 Å². The van der Waals surface area contributed by atoms with E-state index < -0.39 is 0 Å². The second-order valence-electron chi connectivity index (χ2n) is 8.36. The van der Waals surface area contributed by atoms with Crippen molar-refractivity contribution in [1.29, 1.82) is 0 Å². The summed E-state index contributed by atoms with van der Waals surface area (Å²) in [5.41, 5.74) is 0.364. The summed E-state index contributed by atoms with van der Waals surface area (Å²) < 4.78 is 13.0. The fourth-order valence-electron chi connectivity index (χ4n) is 6.32. The van der Waals surface area contributed by atoms with Gasteiger partial charge in [0.05, 0.1) is 11.7 Å². The Bertz CT molecular complexity index is 411. The van der Waals surface area contributed by atoms with Crippen LogP contribution in [-0.2, 0) is 9.47 Å². The molecular formula is C18H30O3. The van der Waals surface area contributed by atoms with Crippen molar-refractivity contribution in [2.75, 3.05) is 6.61 Å². The van der Waals surface area contributed by atoms with Gasteiger partial charge in [-0.15, -0.1) is 0 Å². The van der Waals surface area contributed by atoms with E-state index in [-0.39, 0.29) is 24.6 Å². The van der Waals surface area contributed by atoms with Gasteiger partial charge < -0.3 is 14.6 Å². The zero-order chi connectivity index (χ0) is 14.7. The first kappa shape index (κ1) is 14.5. The lowest BCUT2D eigenvalue weighted by molar-refractivity contribution is -0.282. The number of aliphatic hydroxyl groups excluding tert-OH is 1. The van der Waals surface area contributed by atoms with Crippen molar-refractivity contribution in [3.05, 3.63) is 0 Å². The standard InChI is InChI=1S/C18H30O3/c1-12-14-6-3-5-13-8-9-17(2)11-18(13,14)16(21-17)20-15(12)7-4-10-19/h12-16,19H,3-11H2,1-2H3/t12-,13-,14?,15-,16?,17?,18+/m1/s1. The van der Waals surface area contributed by atoms with Crippen LogP contribution in [0.4, 0.5) is 0 Å². The summed E-state index contributed by atoms with van der Waals surface area (Å²) >= 11 is 0. The Labute approximate surface area is 128 Å². The molecule has 120 valence electrons. The molecule has 2 bridgehead atoms. The SMILES string of the molecule is C[C@@H]1C2CCC[C@@H]3CCC4(C)C[C@@]23C(O[C@@H]1CCCO)O4. The molecule has 3 nitrogen and oxygen atoms in total. The molecule has 4 aliphatic rings. The Hall–Kier alpha value is -0.120. The van der Waals surface area contributed by atoms with Gasteiger partial charge in [-0.25, -0.2) is 0 Å². The van der Waals surface area contributed by atoms with Crippen LogP contribution in [-0.4, -0.2) is 29.7 Å². The van der Waals surface area contributed by atoms with Gasteiger partial charge in [-0.05, 0) is 69.6 Å².